The summed E-state index contributed by atoms with van der Waals surface area (Å²) in [4.78, 5) is 12.0. The lowest BCUT2D eigenvalue weighted by Crippen LogP contribution is -2.33. The normalized spacial score (nSPS) is 16.2. The van der Waals surface area contributed by atoms with Gasteiger partial charge in [-0.05, 0) is 37.0 Å². The van der Waals surface area contributed by atoms with Crippen LogP contribution in [0, 0.1) is 5.92 Å². The maximum atomic E-state index is 12.1. The Morgan fingerprint density at radius 2 is 1.96 bits per heavy atom. The van der Waals surface area contributed by atoms with Crippen molar-refractivity contribution in [2.75, 3.05) is 13.1 Å². The van der Waals surface area contributed by atoms with Crippen molar-refractivity contribution in [2.24, 2.45) is 5.92 Å². The van der Waals surface area contributed by atoms with Gasteiger partial charge in [-0.3, -0.25) is 4.79 Å². The van der Waals surface area contributed by atoms with E-state index in [0.717, 1.165) is 0 Å². The summed E-state index contributed by atoms with van der Waals surface area (Å²) < 4.78 is 27.4. The van der Waals surface area contributed by atoms with Crippen LogP contribution >= 0.6 is 15.9 Å². The Balaban J connectivity index is 1.72. The lowest BCUT2D eigenvalue weighted by molar-refractivity contribution is -0.121. The summed E-state index contributed by atoms with van der Waals surface area (Å²) in [6.45, 7) is 0.808. The number of sulfonamides is 1. The molecule has 0 atom stereocenters. The van der Waals surface area contributed by atoms with Crippen molar-refractivity contribution >= 4 is 31.9 Å². The zero-order chi connectivity index (χ0) is 16.7. The van der Waals surface area contributed by atoms with Crippen LogP contribution in [0.5, 0.6) is 0 Å². The first kappa shape index (κ1) is 18.4. The van der Waals surface area contributed by atoms with Gasteiger partial charge in [0.05, 0.1) is 4.90 Å². The van der Waals surface area contributed by atoms with Crippen LogP contribution in [0.4, 0.5) is 0 Å². The number of rotatable bonds is 7. The molecule has 0 saturated heterocycles. The van der Waals surface area contributed by atoms with E-state index in [1.54, 1.807) is 12.1 Å². The molecule has 1 aliphatic carbocycles. The van der Waals surface area contributed by atoms with Crippen LogP contribution in [0.2, 0.25) is 0 Å². The van der Waals surface area contributed by atoms with Crippen molar-refractivity contribution in [3.05, 3.63) is 28.7 Å². The van der Waals surface area contributed by atoms with Crippen molar-refractivity contribution < 1.29 is 13.2 Å². The first-order chi connectivity index (χ1) is 11.0. The molecule has 1 fully saturated rings. The molecular formula is C16H23BrN2O3S. The van der Waals surface area contributed by atoms with E-state index in [4.69, 9.17) is 0 Å². The number of halogens is 1. The van der Waals surface area contributed by atoms with Gasteiger partial charge in [0.25, 0.3) is 0 Å². The average Bonchev–Trinajstić information content (AvgIpc) is 2.54. The van der Waals surface area contributed by atoms with Crippen molar-refractivity contribution in [3.8, 4) is 0 Å². The maximum Gasteiger partial charge on any atom is 0.240 e. The molecule has 1 aromatic rings. The molecule has 0 heterocycles. The van der Waals surface area contributed by atoms with Crippen molar-refractivity contribution in [3.63, 3.8) is 0 Å². The summed E-state index contributed by atoms with van der Waals surface area (Å²) in [6, 6.07) is 6.48. The minimum Gasteiger partial charge on any atom is -0.356 e. The molecule has 2 N–H and O–H groups in total. The molecule has 5 nitrogen and oxygen atoms in total. The third-order valence-electron chi connectivity index (χ3n) is 4.06. The zero-order valence-corrected chi connectivity index (χ0v) is 15.5. The van der Waals surface area contributed by atoms with Crippen LogP contribution in [-0.2, 0) is 14.8 Å². The highest BCUT2D eigenvalue weighted by atomic mass is 79.9. The quantitative estimate of drug-likeness (QED) is 0.735. The molecule has 0 aromatic heterocycles. The van der Waals surface area contributed by atoms with Crippen LogP contribution < -0.4 is 10.0 Å². The van der Waals surface area contributed by atoms with Gasteiger partial charge < -0.3 is 5.32 Å². The fourth-order valence-corrected chi connectivity index (χ4v) is 4.38. The van der Waals surface area contributed by atoms with Gasteiger partial charge in [0.15, 0.2) is 0 Å². The molecule has 1 aromatic carbocycles. The second-order valence-electron chi connectivity index (χ2n) is 5.91. The van der Waals surface area contributed by atoms with E-state index >= 15 is 0 Å². The SMILES string of the molecule is O=C(CCNS(=O)(=O)c1cccc(Br)c1)NCC1CCCCC1. The fourth-order valence-electron chi connectivity index (χ4n) is 2.75. The van der Waals surface area contributed by atoms with Crippen molar-refractivity contribution in [1.29, 1.82) is 0 Å². The summed E-state index contributed by atoms with van der Waals surface area (Å²) in [5, 5.41) is 2.91. The smallest absolute Gasteiger partial charge is 0.240 e. The molecule has 1 saturated carbocycles. The van der Waals surface area contributed by atoms with E-state index in [1.807, 2.05) is 0 Å². The molecule has 7 heteroatoms. The van der Waals surface area contributed by atoms with E-state index in [-0.39, 0.29) is 23.8 Å². The van der Waals surface area contributed by atoms with Gasteiger partial charge in [0, 0.05) is 24.0 Å². The van der Waals surface area contributed by atoms with E-state index in [9.17, 15) is 13.2 Å². The van der Waals surface area contributed by atoms with Crippen molar-refractivity contribution in [1.82, 2.24) is 10.0 Å². The predicted molar refractivity (Wildman–Crippen MR) is 93.5 cm³/mol. The summed E-state index contributed by atoms with van der Waals surface area (Å²) in [7, 11) is -3.57. The van der Waals surface area contributed by atoms with Gasteiger partial charge in [-0.2, -0.15) is 0 Å². The fraction of sp³-hybridized carbons (Fsp3) is 0.562. The van der Waals surface area contributed by atoms with E-state index in [2.05, 4.69) is 26.0 Å². The van der Waals surface area contributed by atoms with Gasteiger partial charge in [-0.15, -0.1) is 0 Å². The number of amides is 1. The maximum absolute atomic E-state index is 12.1. The molecule has 0 spiro atoms. The van der Waals surface area contributed by atoms with Crippen LogP contribution in [0.15, 0.2) is 33.6 Å². The van der Waals surface area contributed by atoms with E-state index in [0.29, 0.717) is 16.9 Å². The highest BCUT2D eigenvalue weighted by Gasteiger charge is 2.16. The minimum atomic E-state index is -3.57. The summed E-state index contributed by atoms with van der Waals surface area (Å²) in [6.07, 6.45) is 6.29. The predicted octanol–water partition coefficient (Wildman–Crippen LogP) is 2.81. The standard InChI is InChI=1S/C16H23BrN2O3S/c17-14-7-4-8-15(11-14)23(21,22)19-10-9-16(20)18-12-13-5-2-1-3-6-13/h4,7-8,11,13,19H,1-3,5-6,9-10,12H2,(H,18,20). The molecule has 2 rings (SSSR count). The van der Waals surface area contributed by atoms with Crippen LogP contribution in [0.3, 0.4) is 0 Å². The van der Waals surface area contributed by atoms with Gasteiger partial charge in [0.2, 0.25) is 15.9 Å². The third-order valence-corrected chi connectivity index (χ3v) is 6.02. The van der Waals surface area contributed by atoms with Gasteiger partial charge in [-0.1, -0.05) is 41.3 Å². The Kier molecular flexibility index (Phi) is 7.05. The average molecular weight is 403 g/mol. The molecule has 1 aliphatic rings. The number of hydrogen-bond acceptors (Lipinski definition) is 3. The Hall–Kier alpha value is -0.920. The van der Waals surface area contributed by atoms with Crippen LogP contribution in [0.1, 0.15) is 38.5 Å². The van der Waals surface area contributed by atoms with Gasteiger partial charge in [-0.25, -0.2) is 13.1 Å². The molecule has 128 valence electrons. The number of benzene rings is 1. The first-order valence-corrected chi connectivity index (χ1v) is 10.3. The number of carbonyl (C=O) groups is 1. The molecule has 0 unspecified atom stereocenters. The summed E-state index contributed by atoms with van der Waals surface area (Å²) in [5.41, 5.74) is 0. The van der Waals surface area contributed by atoms with Crippen LogP contribution in [-0.4, -0.2) is 27.4 Å². The molecule has 23 heavy (non-hydrogen) atoms. The Morgan fingerprint density at radius 3 is 2.65 bits per heavy atom. The highest BCUT2D eigenvalue weighted by molar-refractivity contribution is 9.10. The monoisotopic (exact) mass is 402 g/mol. The summed E-state index contributed by atoms with van der Waals surface area (Å²) in [5.74, 6) is 0.471. The molecule has 0 radical (unpaired) electrons. The third kappa shape index (κ3) is 6.24. The lowest BCUT2D eigenvalue weighted by Gasteiger charge is -2.21. The largest absolute Gasteiger partial charge is 0.356 e. The minimum absolute atomic E-state index is 0.103. The summed E-state index contributed by atoms with van der Waals surface area (Å²) >= 11 is 3.25. The van der Waals surface area contributed by atoms with E-state index in [1.165, 1.54) is 44.2 Å². The lowest BCUT2D eigenvalue weighted by atomic mass is 9.89. The highest BCUT2D eigenvalue weighted by Crippen LogP contribution is 2.22. The number of hydrogen-bond donors (Lipinski definition) is 2. The second kappa shape index (κ2) is 8.80. The molecule has 1 amide bonds. The second-order valence-corrected chi connectivity index (χ2v) is 8.60. The van der Waals surface area contributed by atoms with Gasteiger partial charge in [0.1, 0.15) is 0 Å². The number of nitrogens with one attached hydrogen (secondary N) is 2. The molecular weight excluding hydrogens is 380 g/mol. The van der Waals surface area contributed by atoms with E-state index < -0.39 is 10.0 Å². The Bertz CT molecular complexity index is 628. The molecule has 0 aliphatic heterocycles. The van der Waals surface area contributed by atoms with Gasteiger partial charge >= 0.3 is 0 Å². The van der Waals surface area contributed by atoms with Crippen LogP contribution in [0.25, 0.3) is 0 Å². The number of carbonyl (C=O) groups excluding carboxylic acids is 1. The Morgan fingerprint density at radius 1 is 1.22 bits per heavy atom. The topological polar surface area (TPSA) is 75.3 Å². The molecule has 0 bridgehead atoms. The first-order valence-electron chi connectivity index (χ1n) is 7.99. The Labute approximate surface area is 146 Å². The van der Waals surface area contributed by atoms with Crippen molar-refractivity contribution in [2.45, 2.75) is 43.4 Å². The zero-order valence-electron chi connectivity index (χ0n) is 13.1.